The molecule has 0 radical (unpaired) electrons. The van der Waals surface area contributed by atoms with Crippen LogP contribution in [-0.4, -0.2) is 19.7 Å². The van der Waals surface area contributed by atoms with Crippen molar-refractivity contribution in [2.75, 3.05) is 13.7 Å². The molecule has 0 aromatic heterocycles. The highest BCUT2D eigenvalue weighted by Gasteiger charge is 2.23. The highest BCUT2D eigenvalue weighted by Crippen LogP contribution is 2.24. The van der Waals surface area contributed by atoms with Gasteiger partial charge in [0, 0.05) is 6.04 Å². The zero-order valence-corrected chi connectivity index (χ0v) is 14.1. The molecule has 0 heterocycles. The average Bonchev–Trinajstić information content (AvgIpc) is 2.41. The first kappa shape index (κ1) is 18.0. The number of hydrogen-bond donors (Lipinski definition) is 1. The summed E-state index contributed by atoms with van der Waals surface area (Å²) in [4.78, 5) is 0. The Morgan fingerprint density at radius 1 is 1.29 bits per heavy atom. The third-order valence-electron chi connectivity index (χ3n) is 3.86. The number of aryl methyl sites for hydroxylation is 1. The third kappa shape index (κ3) is 6.04. The fourth-order valence-electron chi connectivity index (χ4n) is 2.54. The van der Waals surface area contributed by atoms with Crippen LogP contribution in [0, 0.1) is 11.2 Å². The van der Waals surface area contributed by atoms with Gasteiger partial charge in [-0.1, -0.05) is 33.8 Å². The van der Waals surface area contributed by atoms with Crippen molar-refractivity contribution < 1.29 is 9.13 Å². The first-order valence-corrected chi connectivity index (χ1v) is 7.94. The molecule has 0 aliphatic heterocycles. The number of hydrogen-bond acceptors (Lipinski definition) is 2. The Hall–Kier alpha value is -1.09. The zero-order chi connectivity index (χ0) is 15.9. The molecule has 21 heavy (non-hydrogen) atoms. The van der Waals surface area contributed by atoms with Gasteiger partial charge in [0.25, 0.3) is 0 Å². The zero-order valence-electron chi connectivity index (χ0n) is 14.1. The van der Waals surface area contributed by atoms with E-state index in [0.29, 0.717) is 11.8 Å². The molecule has 1 unspecified atom stereocenters. The van der Waals surface area contributed by atoms with Crippen molar-refractivity contribution in [1.82, 2.24) is 5.32 Å². The van der Waals surface area contributed by atoms with Gasteiger partial charge in [0.15, 0.2) is 11.6 Å². The van der Waals surface area contributed by atoms with E-state index in [1.807, 2.05) is 6.07 Å². The monoisotopic (exact) mass is 295 g/mol. The van der Waals surface area contributed by atoms with Gasteiger partial charge >= 0.3 is 0 Å². The van der Waals surface area contributed by atoms with Gasteiger partial charge in [-0.15, -0.1) is 0 Å². The molecule has 0 spiro atoms. The molecular weight excluding hydrogens is 265 g/mol. The van der Waals surface area contributed by atoms with Crippen LogP contribution in [0.4, 0.5) is 4.39 Å². The number of benzene rings is 1. The summed E-state index contributed by atoms with van der Waals surface area (Å²) in [7, 11) is 1.49. The average molecular weight is 295 g/mol. The summed E-state index contributed by atoms with van der Waals surface area (Å²) in [6.07, 6.45) is 4.22. The van der Waals surface area contributed by atoms with Gasteiger partial charge in [-0.3, -0.25) is 0 Å². The Bertz CT molecular complexity index is 426. The summed E-state index contributed by atoms with van der Waals surface area (Å²) in [5.74, 6) is 0.0439. The molecule has 0 aliphatic rings. The van der Waals surface area contributed by atoms with Crippen LogP contribution in [0.25, 0.3) is 0 Å². The minimum Gasteiger partial charge on any atom is -0.494 e. The largest absolute Gasteiger partial charge is 0.494 e. The number of rotatable bonds is 8. The maximum absolute atomic E-state index is 13.7. The summed E-state index contributed by atoms with van der Waals surface area (Å²) in [5, 5.41) is 3.63. The number of halogens is 1. The van der Waals surface area contributed by atoms with Crippen LogP contribution in [-0.2, 0) is 6.42 Å². The molecule has 0 aliphatic carbocycles. The second-order valence-electron chi connectivity index (χ2n) is 6.73. The SMILES string of the molecule is CCCNC(CCCc1ccc(OC)c(F)c1)C(C)(C)C. The van der Waals surface area contributed by atoms with Crippen LogP contribution in [0.5, 0.6) is 5.75 Å². The van der Waals surface area contributed by atoms with E-state index in [0.717, 1.165) is 37.8 Å². The lowest BCUT2D eigenvalue weighted by Gasteiger charge is -2.32. The lowest BCUT2D eigenvalue weighted by Crippen LogP contribution is -2.40. The van der Waals surface area contributed by atoms with Crippen molar-refractivity contribution in [1.29, 1.82) is 0 Å². The summed E-state index contributed by atoms with van der Waals surface area (Å²) in [6.45, 7) is 10.1. The predicted molar refractivity (Wildman–Crippen MR) is 87.4 cm³/mol. The summed E-state index contributed by atoms with van der Waals surface area (Å²) in [6, 6.07) is 5.75. The molecule has 0 saturated carbocycles. The van der Waals surface area contributed by atoms with Crippen LogP contribution in [0.1, 0.15) is 52.5 Å². The molecule has 0 fully saturated rings. The Morgan fingerprint density at radius 2 is 2.00 bits per heavy atom. The first-order chi connectivity index (χ1) is 9.88. The fraction of sp³-hybridized carbons (Fsp3) is 0.667. The minimum absolute atomic E-state index is 0.250. The van der Waals surface area contributed by atoms with Crippen molar-refractivity contribution >= 4 is 0 Å². The molecule has 1 rings (SSSR count). The smallest absolute Gasteiger partial charge is 0.165 e. The molecule has 3 heteroatoms. The van der Waals surface area contributed by atoms with Gasteiger partial charge in [0.05, 0.1) is 7.11 Å². The quantitative estimate of drug-likeness (QED) is 0.758. The van der Waals surface area contributed by atoms with Gasteiger partial charge in [-0.05, 0) is 55.3 Å². The van der Waals surface area contributed by atoms with Gasteiger partial charge in [0.1, 0.15) is 0 Å². The second-order valence-corrected chi connectivity index (χ2v) is 6.73. The Morgan fingerprint density at radius 3 is 2.52 bits per heavy atom. The van der Waals surface area contributed by atoms with E-state index < -0.39 is 0 Å². The maximum atomic E-state index is 13.7. The molecule has 1 atom stereocenters. The van der Waals surface area contributed by atoms with Crippen LogP contribution in [0.2, 0.25) is 0 Å². The summed E-state index contributed by atoms with van der Waals surface area (Å²) < 4.78 is 18.6. The van der Waals surface area contributed by atoms with Crippen LogP contribution in [0.3, 0.4) is 0 Å². The first-order valence-electron chi connectivity index (χ1n) is 7.94. The molecule has 1 aromatic rings. The summed E-state index contributed by atoms with van der Waals surface area (Å²) >= 11 is 0. The number of methoxy groups -OCH3 is 1. The highest BCUT2D eigenvalue weighted by molar-refractivity contribution is 5.29. The lowest BCUT2D eigenvalue weighted by molar-refractivity contribution is 0.251. The topological polar surface area (TPSA) is 21.3 Å². The molecule has 120 valence electrons. The molecular formula is C18H30FNO. The van der Waals surface area contributed by atoms with E-state index in [1.54, 1.807) is 12.1 Å². The molecule has 0 amide bonds. The van der Waals surface area contributed by atoms with Crippen LogP contribution in [0.15, 0.2) is 18.2 Å². The predicted octanol–water partition coefficient (Wildman–Crippen LogP) is 4.57. The van der Waals surface area contributed by atoms with Crippen molar-refractivity contribution in [3.8, 4) is 5.75 Å². The van der Waals surface area contributed by atoms with E-state index in [1.165, 1.54) is 7.11 Å². The third-order valence-corrected chi connectivity index (χ3v) is 3.86. The highest BCUT2D eigenvalue weighted by atomic mass is 19.1. The second kappa shape index (κ2) is 8.38. The molecule has 1 N–H and O–H groups in total. The van der Waals surface area contributed by atoms with E-state index in [-0.39, 0.29) is 11.2 Å². The van der Waals surface area contributed by atoms with Crippen molar-refractivity contribution in [2.45, 2.75) is 59.4 Å². The summed E-state index contributed by atoms with van der Waals surface area (Å²) in [5.41, 5.74) is 1.29. The van der Waals surface area contributed by atoms with Crippen molar-refractivity contribution in [3.63, 3.8) is 0 Å². The number of nitrogens with one attached hydrogen (secondary N) is 1. The van der Waals surface area contributed by atoms with Gasteiger partial charge < -0.3 is 10.1 Å². The molecule has 1 aromatic carbocycles. The maximum Gasteiger partial charge on any atom is 0.165 e. The Labute approximate surface area is 129 Å². The van der Waals surface area contributed by atoms with E-state index in [4.69, 9.17) is 4.74 Å². The lowest BCUT2D eigenvalue weighted by atomic mass is 9.83. The number of ether oxygens (including phenoxy) is 1. The fourth-order valence-corrected chi connectivity index (χ4v) is 2.54. The van der Waals surface area contributed by atoms with E-state index in [2.05, 4.69) is 33.0 Å². The molecule has 0 bridgehead atoms. The van der Waals surface area contributed by atoms with E-state index in [9.17, 15) is 4.39 Å². The van der Waals surface area contributed by atoms with Gasteiger partial charge in [-0.2, -0.15) is 0 Å². The van der Waals surface area contributed by atoms with Gasteiger partial charge in [-0.25, -0.2) is 4.39 Å². The Kier molecular flexibility index (Phi) is 7.16. The van der Waals surface area contributed by atoms with Crippen molar-refractivity contribution in [3.05, 3.63) is 29.6 Å². The molecule has 0 saturated heterocycles. The Balaban J connectivity index is 2.51. The molecule has 2 nitrogen and oxygen atoms in total. The minimum atomic E-state index is -0.272. The normalized spacial score (nSPS) is 13.2. The van der Waals surface area contributed by atoms with E-state index >= 15 is 0 Å². The van der Waals surface area contributed by atoms with Crippen LogP contribution < -0.4 is 10.1 Å². The van der Waals surface area contributed by atoms with Gasteiger partial charge in [0.2, 0.25) is 0 Å². The van der Waals surface area contributed by atoms with Crippen molar-refractivity contribution in [2.24, 2.45) is 5.41 Å². The van der Waals surface area contributed by atoms with Crippen LogP contribution >= 0.6 is 0 Å². The standard InChI is InChI=1S/C18H30FNO/c1-6-12-20-17(18(2,3)4)9-7-8-14-10-11-16(21-5)15(19)13-14/h10-11,13,17,20H,6-9,12H2,1-5H3.